The van der Waals surface area contributed by atoms with Crippen LogP contribution >= 0.6 is 23.2 Å². The molecule has 34 heavy (non-hydrogen) atoms. The molecule has 10 heteroatoms. The van der Waals surface area contributed by atoms with Gasteiger partial charge in [-0.2, -0.15) is 4.98 Å². The highest BCUT2D eigenvalue weighted by molar-refractivity contribution is 6.31. The fraction of sp³-hybridized carbons (Fsp3) is 0.417. The van der Waals surface area contributed by atoms with Crippen LogP contribution in [0.3, 0.4) is 0 Å². The first-order valence-corrected chi connectivity index (χ1v) is 12.3. The molecule has 2 fully saturated rings. The quantitative estimate of drug-likeness (QED) is 0.493. The lowest BCUT2D eigenvalue weighted by Crippen LogP contribution is -2.53. The van der Waals surface area contributed by atoms with Gasteiger partial charge in [0.05, 0.1) is 10.7 Å². The fourth-order valence-corrected chi connectivity index (χ4v) is 5.09. The summed E-state index contributed by atoms with van der Waals surface area (Å²) in [6, 6.07) is 7.24. The molecule has 0 amide bonds. The molecule has 0 aliphatic carbocycles. The van der Waals surface area contributed by atoms with Crippen LogP contribution in [-0.4, -0.2) is 58.2 Å². The van der Waals surface area contributed by atoms with Gasteiger partial charge < -0.3 is 14.7 Å². The van der Waals surface area contributed by atoms with Crippen molar-refractivity contribution in [3.8, 4) is 11.3 Å². The number of hydrogen-bond donors (Lipinski definition) is 0. The Balaban J connectivity index is 1.49. The lowest BCUT2D eigenvalue weighted by atomic mass is 10.1. The summed E-state index contributed by atoms with van der Waals surface area (Å²) in [5.41, 5.74) is 1.36. The molecule has 2 aliphatic rings. The van der Waals surface area contributed by atoms with Gasteiger partial charge in [-0.05, 0) is 38.8 Å². The summed E-state index contributed by atoms with van der Waals surface area (Å²) < 4.78 is 14.3. The van der Waals surface area contributed by atoms with Gasteiger partial charge in [-0.15, -0.1) is 0 Å². The molecule has 5 rings (SSSR count). The molecule has 0 bridgehead atoms. The summed E-state index contributed by atoms with van der Waals surface area (Å²) in [6.07, 6.45) is 5.46. The number of nitrogens with zero attached hydrogens (tertiary/aromatic N) is 7. The van der Waals surface area contributed by atoms with Crippen molar-refractivity contribution >= 4 is 40.8 Å². The number of piperazine rings is 1. The standard InChI is InChI=1S/C24H26Cl2FN7/c1-15-4-3-9-34(15)24-30-20(17-5-6-18(25)19(27)12-17)13-21(31-24)33-11-10-32(14-16(33)2)23-22(26)28-7-8-29-23/h5-8,12-13,15-16H,3-4,9-11,14H2,1-2H3/t15-,16+/m1/s1. The minimum atomic E-state index is -0.460. The van der Waals surface area contributed by atoms with Crippen LogP contribution in [0.5, 0.6) is 0 Å². The summed E-state index contributed by atoms with van der Waals surface area (Å²) >= 11 is 12.2. The number of rotatable bonds is 4. The van der Waals surface area contributed by atoms with E-state index in [0.29, 0.717) is 34.2 Å². The Bertz CT molecular complexity index is 1190. The molecule has 1 aromatic carbocycles. The van der Waals surface area contributed by atoms with Crippen LogP contribution in [0.25, 0.3) is 11.3 Å². The molecular formula is C24H26Cl2FN7. The smallest absolute Gasteiger partial charge is 0.228 e. The maximum Gasteiger partial charge on any atom is 0.228 e. The molecular weight excluding hydrogens is 476 g/mol. The average molecular weight is 502 g/mol. The van der Waals surface area contributed by atoms with E-state index < -0.39 is 5.82 Å². The molecule has 2 aromatic heterocycles. The molecule has 0 saturated carbocycles. The van der Waals surface area contributed by atoms with E-state index in [2.05, 4.69) is 38.5 Å². The number of halogens is 3. The Hall–Kier alpha value is -2.71. The highest BCUT2D eigenvalue weighted by Gasteiger charge is 2.29. The molecule has 7 nitrogen and oxygen atoms in total. The molecule has 2 saturated heterocycles. The Labute approximate surface area is 208 Å². The lowest BCUT2D eigenvalue weighted by Gasteiger charge is -2.41. The van der Waals surface area contributed by atoms with Crippen LogP contribution in [0.4, 0.5) is 22.0 Å². The van der Waals surface area contributed by atoms with Crippen molar-refractivity contribution in [2.75, 3.05) is 40.9 Å². The zero-order valence-corrected chi connectivity index (χ0v) is 20.6. The molecule has 2 atom stereocenters. The van der Waals surface area contributed by atoms with Crippen molar-refractivity contribution in [1.29, 1.82) is 0 Å². The van der Waals surface area contributed by atoms with Crippen LogP contribution in [0.2, 0.25) is 10.2 Å². The molecule has 0 spiro atoms. The highest BCUT2D eigenvalue weighted by Crippen LogP contribution is 2.32. The van der Waals surface area contributed by atoms with Crippen molar-refractivity contribution in [3.05, 3.63) is 52.7 Å². The molecule has 0 unspecified atom stereocenters. The normalized spacial score (nSPS) is 20.8. The average Bonchev–Trinajstić information content (AvgIpc) is 3.26. The molecule has 178 valence electrons. The second kappa shape index (κ2) is 9.50. The van der Waals surface area contributed by atoms with Gasteiger partial charge >= 0.3 is 0 Å². The SMILES string of the molecule is C[C@@H]1CCCN1c1nc(-c2ccc(Cl)c(F)c2)cc(N2CCN(c3nccnc3Cl)C[C@@H]2C)n1. The van der Waals surface area contributed by atoms with E-state index >= 15 is 0 Å². The number of anilines is 3. The third-order valence-corrected chi connectivity index (χ3v) is 7.16. The van der Waals surface area contributed by atoms with Crippen molar-refractivity contribution in [1.82, 2.24) is 19.9 Å². The van der Waals surface area contributed by atoms with Gasteiger partial charge in [-0.1, -0.05) is 29.3 Å². The van der Waals surface area contributed by atoms with Crippen molar-refractivity contribution in [2.45, 2.75) is 38.8 Å². The minimum Gasteiger partial charge on any atom is -0.350 e. The molecule has 4 heterocycles. The van der Waals surface area contributed by atoms with E-state index in [9.17, 15) is 4.39 Å². The predicted octanol–water partition coefficient (Wildman–Crippen LogP) is 5.08. The van der Waals surface area contributed by atoms with E-state index in [4.69, 9.17) is 33.2 Å². The van der Waals surface area contributed by atoms with Gasteiger partial charge in [-0.25, -0.2) is 19.3 Å². The van der Waals surface area contributed by atoms with Gasteiger partial charge in [0.25, 0.3) is 0 Å². The maximum absolute atomic E-state index is 14.3. The van der Waals surface area contributed by atoms with E-state index in [0.717, 1.165) is 44.8 Å². The third kappa shape index (κ3) is 4.49. The zero-order chi connectivity index (χ0) is 23.8. The van der Waals surface area contributed by atoms with E-state index in [1.165, 1.54) is 6.07 Å². The molecule has 0 radical (unpaired) electrons. The Morgan fingerprint density at radius 1 is 0.941 bits per heavy atom. The van der Waals surface area contributed by atoms with E-state index in [1.807, 2.05) is 6.07 Å². The third-order valence-electron chi connectivity index (χ3n) is 6.58. The summed E-state index contributed by atoms with van der Waals surface area (Å²) in [7, 11) is 0. The molecule has 0 N–H and O–H groups in total. The predicted molar refractivity (Wildman–Crippen MR) is 135 cm³/mol. The van der Waals surface area contributed by atoms with Crippen LogP contribution in [-0.2, 0) is 0 Å². The zero-order valence-electron chi connectivity index (χ0n) is 19.1. The lowest BCUT2D eigenvalue weighted by molar-refractivity contribution is 0.541. The summed E-state index contributed by atoms with van der Waals surface area (Å²) in [5.74, 6) is 1.74. The van der Waals surface area contributed by atoms with Gasteiger partial charge in [0, 0.05) is 62.3 Å². The topological polar surface area (TPSA) is 61.3 Å². The number of hydrogen-bond acceptors (Lipinski definition) is 7. The number of aromatic nitrogens is 4. The van der Waals surface area contributed by atoms with Gasteiger partial charge in [0.1, 0.15) is 11.6 Å². The summed E-state index contributed by atoms with van der Waals surface area (Å²) in [6.45, 7) is 7.44. The number of benzene rings is 1. The van der Waals surface area contributed by atoms with Crippen LogP contribution < -0.4 is 14.7 Å². The Morgan fingerprint density at radius 2 is 1.76 bits per heavy atom. The van der Waals surface area contributed by atoms with Crippen molar-refractivity contribution in [3.63, 3.8) is 0 Å². The Kier molecular flexibility index (Phi) is 6.44. The van der Waals surface area contributed by atoms with E-state index in [1.54, 1.807) is 24.5 Å². The van der Waals surface area contributed by atoms with Crippen LogP contribution in [0.1, 0.15) is 26.7 Å². The monoisotopic (exact) mass is 501 g/mol. The summed E-state index contributed by atoms with van der Waals surface area (Å²) in [5, 5.41) is 0.501. The van der Waals surface area contributed by atoms with Gasteiger partial charge in [0.2, 0.25) is 5.95 Å². The first-order valence-electron chi connectivity index (χ1n) is 11.5. The van der Waals surface area contributed by atoms with Crippen molar-refractivity contribution in [2.24, 2.45) is 0 Å². The first-order chi connectivity index (χ1) is 16.4. The summed E-state index contributed by atoms with van der Waals surface area (Å²) in [4.78, 5) is 25.0. The first kappa shape index (κ1) is 23.1. The second-order valence-electron chi connectivity index (χ2n) is 8.88. The van der Waals surface area contributed by atoms with E-state index in [-0.39, 0.29) is 11.1 Å². The van der Waals surface area contributed by atoms with Crippen molar-refractivity contribution < 1.29 is 4.39 Å². The fourth-order valence-electron chi connectivity index (χ4n) is 4.75. The minimum absolute atomic E-state index is 0.0961. The molecule has 3 aromatic rings. The van der Waals surface area contributed by atoms with Crippen LogP contribution in [0.15, 0.2) is 36.7 Å². The Morgan fingerprint density at radius 3 is 2.47 bits per heavy atom. The van der Waals surface area contributed by atoms with Gasteiger partial charge in [-0.3, -0.25) is 0 Å². The van der Waals surface area contributed by atoms with Gasteiger partial charge in [0.15, 0.2) is 11.0 Å². The second-order valence-corrected chi connectivity index (χ2v) is 9.65. The largest absolute Gasteiger partial charge is 0.350 e. The molecule has 2 aliphatic heterocycles. The van der Waals surface area contributed by atoms with Crippen LogP contribution in [0, 0.1) is 5.82 Å². The highest BCUT2D eigenvalue weighted by atomic mass is 35.5. The maximum atomic E-state index is 14.3.